The van der Waals surface area contributed by atoms with E-state index >= 15 is 0 Å². The molecule has 28 heavy (non-hydrogen) atoms. The van der Waals surface area contributed by atoms with E-state index < -0.39 is 0 Å². The molecule has 1 aliphatic heterocycles. The van der Waals surface area contributed by atoms with E-state index in [9.17, 15) is 4.79 Å². The van der Waals surface area contributed by atoms with Gasteiger partial charge in [0, 0.05) is 36.4 Å². The van der Waals surface area contributed by atoms with E-state index in [4.69, 9.17) is 14.7 Å². The lowest BCUT2D eigenvalue weighted by atomic mass is 10.2. The highest BCUT2D eigenvalue weighted by molar-refractivity contribution is 7.09. The number of benzene rings is 1. The molecule has 1 aromatic carbocycles. The van der Waals surface area contributed by atoms with Crippen LogP contribution in [0.1, 0.15) is 11.8 Å². The van der Waals surface area contributed by atoms with Crippen LogP contribution in [0, 0.1) is 0 Å². The summed E-state index contributed by atoms with van der Waals surface area (Å²) in [5.74, 6) is 1.53. The van der Waals surface area contributed by atoms with Crippen molar-refractivity contribution in [3.05, 3.63) is 46.7 Å². The molecule has 4 rings (SSSR count). The van der Waals surface area contributed by atoms with Crippen molar-refractivity contribution < 1.29 is 9.53 Å². The highest BCUT2D eigenvalue weighted by atomic mass is 32.1. The molecule has 0 spiro atoms. The monoisotopic (exact) mass is 397 g/mol. The van der Waals surface area contributed by atoms with E-state index in [2.05, 4.69) is 21.7 Å². The maximum absolute atomic E-state index is 11.9. The zero-order valence-electron chi connectivity index (χ0n) is 15.8. The molecule has 1 aliphatic rings. The molecule has 2 aromatic heterocycles. The second kappa shape index (κ2) is 8.43. The van der Waals surface area contributed by atoms with Crippen LogP contribution in [0.15, 0.2) is 41.8 Å². The molecular formula is C20H23N5O2S. The van der Waals surface area contributed by atoms with Crippen molar-refractivity contribution in [1.82, 2.24) is 14.9 Å². The Balaban J connectivity index is 1.53. The molecule has 3 heterocycles. The van der Waals surface area contributed by atoms with Crippen LogP contribution < -0.4 is 10.2 Å². The minimum absolute atomic E-state index is 0.250. The number of amides is 1. The largest absolute Gasteiger partial charge is 0.450 e. The second-order valence-corrected chi connectivity index (χ2v) is 7.53. The fourth-order valence-corrected chi connectivity index (χ4v) is 3.87. The quantitative estimate of drug-likeness (QED) is 0.710. The van der Waals surface area contributed by atoms with Gasteiger partial charge in [-0.2, -0.15) is 4.98 Å². The van der Waals surface area contributed by atoms with Gasteiger partial charge in [-0.05, 0) is 30.5 Å². The zero-order chi connectivity index (χ0) is 19.3. The molecule has 146 valence electrons. The van der Waals surface area contributed by atoms with Gasteiger partial charge in [0.15, 0.2) is 0 Å². The lowest BCUT2D eigenvalue weighted by Crippen LogP contribution is -2.49. The van der Waals surface area contributed by atoms with Crippen LogP contribution in [0.4, 0.5) is 16.6 Å². The van der Waals surface area contributed by atoms with Gasteiger partial charge in [0.25, 0.3) is 0 Å². The normalized spacial score (nSPS) is 14.3. The maximum atomic E-state index is 11.9. The maximum Gasteiger partial charge on any atom is 0.409 e. The van der Waals surface area contributed by atoms with E-state index in [0.717, 1.165) is 23.3 Å². The number of carbonyl (C=O) groups is 1. The number of piperazine rings is 1. The third-order valence-corrected chi connectivity index (χ3v) is 5.57. The Morgan fingerprint density at radius 3 is 2.71 bits per heavy atom. The molecule has 0 bridgehead atoms. The topological polar surface area (TPSA) is 70.6 Å². The summed E-state index contributed by atoms with van der Waals surface area (Å²) in [4.78, 5) is 26.6. The molecule has 1 amide bonds. The van der Waals surface area contributed by atoms with Gasteiger partial charge >= 0.3 is 6.09 Å². The van der Waals surface area contributed by atoms with Crippen LogP contribution in [0.3, 0.4) is 0 Å². The zero-order valence-corrected chi connectivity index (χ0v) is 16.6. The summed E-state index contributed by atoms with van der Waals surface area (Å²) >= 11 is 1.72. The van der Waals surface area contributed by atoms with Gasteiger partial charge in [0.05, 0.1) is 18.7 Å². The molecule has 1 saturated heterocycles. The van der Waals surface area contributed by atoms with Gasteiger partial charge in [-0.15, -0.1) is 11.3 Å². The number of fused-ring (bicyclic) bond motifs is 1. The summed E-state index contributed by atoms with van der Waals surface area (Å²) in [6, 6.07) is 12.2. The Morgan fingerprint density at radius 2 is 1.96 bits per heavy atom. The van der Waals surface area contributed by atoms with Crippen molar-refractivity contribution in [3.8, 4) is 0 Å². The number of hydrogen-bond donors (Lipinski definition) is 1. The van der Waals surface area contributed by atoms with Gasteiger partial charge in [-0.25, -0.2) is 9.78 Å². The van der Waals surface area contributed by atoms with Crippen molar-refractivity contribution in [1.29, 1.82) is 0 Å². The molecule has 8 heteroatoms. The molecule has 1 fully saturated rings. The molecule has 0 aliphatic carbocycles. The van der Waals surface area contributed by atoms with E-state index in [-0.39, 0.29) is 6.09 Å². The molecule has 0 unspecified atom stereocenters. The first-order valence-corrected chi connectivity index (χ1v) is 10.3. The summed E-state index contributed by atoms with van der Waals surface area (Å²) in [5.41, 5.74) is 0.911. The first-order chi connectivity index (χ1) is 13.7. The number of ether oxygens (including phenoxy) is 1. The van der Waals surface area contributed by atoms with Crippen LogP contribution in [-0.2, 0) is 11.3 Å². The molecule has 7 nitrogen and oxygen atoms in total. The Morgan fingerprint density at radius 1 is 1.14 bits per heavy atom. The third kappa shape index (κ3) is 4.01. The third-order valence-electron chi connectivity index (χ3n) is 4.69. The minimum Gasteiger partial charge on any atom is -0.450 e. The van der Waals surface area contributed by atoms with Crippen LogP contribution >= 0.6 is 11.3 Å². The van der Waals surface area contributed by atoms with E-state index in [1.54, 1.807) is 16.2 Å². The first-order valence-electron chi connectivity index (χ1n) is 9.44. The Labute approximate surface area is 168 Å². The van der Waals surface area contributed by atoms with E-state index in [1.807, 2.05) is 37.3 Å². The van der Waals surface area contributed by atoms with Crippen molar-refractivity contribution in [2.24, 2.45) is 0 Å². The van der Waals surface area contributed by atoms with Crippen molar-refractivity contribution >= 4 is 40.1 Å². The molecule has 0 atom stereocenters. The average molecular weight is 398 g/mol. The van der Waals surface area contributed by atoms with Gasteiger partial charge in [-0.3, -0.25) is 0 Å². The van der Waals surface area contributed by atoms with Crippen LogP contribution in [0.5, 0.6) is 0 Å². The number of aromatic nitrogens is 2. The second-order valence-electron chi connectivity index (χ2n) is 6.50. The molecule has 1 N–H and O–H groups in total. The Kier molecular flexibility index (Phi) is 5.57. The van der Waals surface area contributed by atoms with Crippen LogP contribution in [0.2, 0.25) is 0 Å². The van der Waals surface area contributed by atoms with Crippen molar-refractivity contribution in [2.75, 3.05) is 43.0 Å². The molecule has 0 saturated carbocycles. The number of hydrogen-bond acceptors (Lipinski definition) is 7. The summed E-state index contributed by atoms with van der Waals surface area (Å²) < 4.78 is 5.09. The first kappa shape index (κ1) is 18.5. The number of nitrogens with zero attached hydrogens (tertiary/aromatic N) is 4. The van der Waals surface area contributed by atoms with Crippen molar-refractivity contribution in [3.63, 3.8) is 0 Å². The number of thiophene rings is 1. The Hall–Kier alpha value is -2.87. The minimum atomic E-state index is -0.250. The summed E-state index contributed by atoms with van der Waals surface area (Å²) in [5, 5.41) is 6.54. The number of rotatable bonds is 5. The van der Waals surface area contributed by atoms with Crippen LogP contribution in [-0.4, -0.2) is 53.7 Å². The summed E-state index contributed by atoms with van der Waals surface area (Å²) in [6.45, 7) is 5.52. The number of carbonyl (C=O) groups excluding carboxylic acids is 1. The predicted molar refractivity (Wildman–Crippen MR) is 112 cm³/mol. The van der Waals surface area contributed by atoms with E-state index in [1.165, 1.54) is 4.88 Å². The summed E-state index contributed by atoms with van der Waals surface area (Å²) in [6.07, 6.45) is -0.250. The Bertz CT molecular complexity index is 939. The van der Waals surface area contributed by atoms with Gasteiger partial charge in [-0.1, -0.05) is 18.2 Å². The average Bonchev–Trinajstić information content (AvgIpc) is 3.26. The van der Waals surface area contributed by atoms with Gasteiger partial charge in [0.1, 0.15) is 5.82 Å². The number of para-hydroxylation sites is 1. The molecule has 0 radical (unpaired) electrons. The highest BCUT2D eigenvalue weighted by Gasteiger charge is 2.24. The molecular weight excluding hydrogens is 374 g/mol. The van der Waals surface area contributed by atoms with Crippen LogP contribution in [0.25, 0.3) is 10.9 Å². The van der Waals surface area contributed by atoms with Gasteiger partial charge in [0.2, 0.25) is 5.95 Å². The van der Waals surface area contributed by atoms with Gasteiger partial charge < -0.3 is 19.9 Å². The SMILES string of the molecule is CCOC(=O)N1CCN(c2nc(NCc3cccs3)c3ccccc3n2)CC1. The number of anilines is 2. The van der Waals surface area contributed by atoms with E-state index in [0.29, 0.717) is 38.7 Å². The molecule has 3 aromatic rings. The fraction of sp³-hybridized carbons (Fsp3) is 0.350. The van der Waals surface area contributed by atoms with Crippen molar-refractivity contribution in [2.45, 2.75) is 13.5 Å². The standard InChI is InChI=1S/C20H23N5O2S/c1-2-27-20(26)25-11-9-24(10-12-25)19-22-17-8-4-3-7-16(17)18(23-19)21-14-15-6-5-13-28-15/h3-8,13H,2,9-12,14H2,1H3,(H,21,22,23). The summed E-state index contributed by atoms with van der Waals surface area (Å²) in [7, 11) is 0. The smallest absolute Gasteiger partial charge is 0.409 e. The highest BCUT2D eigenvalue weighted by Crippen LogP contribution is 2.25. The lowest BCUT2D eigenvalue weighted by molar-refractivity contribution is 0.105. The predicted octanol–water partition coefficient (Wildman–Crippen LogP) is 3.58. The fourth-order valence-electron chi connectivity index (χ4n) is 3.23. The number of nitrogens with one attached hydrogen (secondary N) is 1. The lowest BCUT2D eigenvalue weighted by Gasteiger charge is -2.34.